The summed E-state index contributed by atoms with van der Waals surface area (Å²) in [4.78, 5) is 10.3. The Morgan fingerprint density at radius 3 is 2.56 bits per heavy atom. The van der Waals surface area contributed by atoms with Crippen LogP contribution in [0.1, 0.15) is 22.9 Å². The molecule has 0 bridgehead atoms. The van der Waals surface area contributed by atoms with Crippen molar-refractivity contribution in [3.63, 3.8) is 0 Å². The number of rotatable bonds is 4. The van der Waals surface area contributed by atoms with E-state index in [1.807, 2.05) is 30.6 Å². The van der Waals surface area contributed by atoms with Gasteiger partial charge in [0.1, 0.15) is 0 Å². The van der Waals surface area contributed by atoms with Crippen LogP contribution >= 0.6 is 22.7 Å². The van der Waals surface area contributed by atoms with Crippen molar-refractivity contribution in [3.8, 4) is 11.3 Å². The van der Waals surface area contributed by atoms with E-state index in [1.54, 1.807) is 22.7 Å². The SMILES string of the molecule is c1ccc(-c2csc(N3N=C(c4cccs4)CC3c3ccncc3)n2)cc1. The highest BCUT2D eigenvalue weighted by Crippen LogP contribution is 2.39. The number of pyridine rings is 1. The monoisotopic (exact) mass is 388 g/mol. The summed E-state index contributed by atoms with van der Waals surface area (Å²) in [5.74, 6) is 0. The van der Waals surface area contributed by atoms with Crippen LogP contribution in [0.15, 0.2) is 82.9 Å². The molecule has 4 heterocycles. The first-order valence-corrected chi connectivity index (χ1v) is 10.5. The molecule has 132 valence electrons. The minimum Gasteiger partial charge on any atom is -0.265 e. The van der Waals surface area contributed by atoms with E-state index in [9.17, 15) is 0 Å². The van der Waals surface area contributed by atoms with Crippen molar-refractivity contribution >= 4 is 33.5 Å². The van der Waals surface area contributed by atoms with Crippen molar-refractivity contribution in [2.45, 2.75) is 12.5 Å². The Morgan fingerprint density at radius 2 is 1.78 bits per heavy atom. The predicted molar refractivity (Wildman–Crippen MR) is 112 cm³/mol. The van der Waals surface area contributed by atoms with Gasteiger partial charge >= 0.3 is 0 Å². The number of anilines is 1. The molecule has 6 heteroatoms. The fraction of sp³-hybridized carbons (Fsp3) is 0.0952. The number of hydrazone groups is 1. The first-order valence-electron chi connectivity index (χ1n) is 8.70. The van der Waals surface area contributed by atoms with Crippen LogP contribution in [0, 0.1) is 0 Å². The smallest absolute Gasteiger partial charge is 0.207 e. The van der Waals surface area contributed by atoms with Crippen LogP contribution in [0.2, 0.25) is 0 Å². The second-order valence-corrected chi connectivity index (χ2v) is 8.03. The lowest BCUT2D eigenvalue weighted by atomic mass is 10.0. The summed E-state index contributed by atoms with van der Waals surface area (Å²) in [6.45, 7) is 0. The molecule has 0 aliphatic carbocycles. The van der Waals surface area contributed by atoms with Gasteiger partial charge in [0, 0.05) is 29.8 Å². The fourth-order valence-electron chi connectivity index (χ4n) is 3.23. The van der Waals surface area contributed by atoms with Gasteiger partial charge < -0.3 is 0 Å². The molecule has 27 heavy (non-hydrogen) atoms. The van der Waals surface area contributed by atoms with Crippen LogP contribution in [0.4, 0.5) is 5.13 Å². The molecule has 4 aromatic rings. The second-order valence-electron chi connectivity index (χ2n) is 6.25. The van der Waals surface area contributed by atoms with Crippen LogP contribution in [-0.2, 0) is 0 Å². The van der Waals surface area contributed by atoms with E-state index in [0.717, 1.165) is 28.5 Å². The summed E-state index contributed by atoms with van der Waals surface area (Å²) in [5, 5.41) is 12.1. The molecular weight excluding hydrogens is 372 g/mol. The Morgan fingerprint density at radius 1 is 0.926 bits per heavy atom. The summed E-state index contributed by atoms with van der Waals surface area (Å²) in [7, 11) is 0. The molecule has 0 N–H and O–H groups in total. The maximum Gasteiger partial charge on any atom is 0.207 e. The molecule has 5 rings (SSSR count). The van der Waals surface area contributed by atoms with E-state index in [1.165, 1.54) is 10.4 Å². The Labute approximate surface area is 165 Å². The average Bonchev–Trinajstić information content (AvgIpc) is 3.49. The summed E-state index contributed by atoms with van der Waals surface area (Å²) in [6.07, 6.45) is 4.55. The molecule has 4 nitrogen and oxygen atoms in total. The predicted octanol–water partition coefficient (Wildman–Crippen LogP) is 5.62. The van der Waals surface area contributed by atoms with Gasteiger partial charge in [0.15, 0.2) is 0 Å². The topological polar surface area (TPSA) is 41.4 Å². The molecule has 0 saturated carbocycles. The van der Waals surface area contributed by atoms with Gasteiger partial charge in [-0.1, -0.05) is 36.4 Å². The van der Waals surface area contributed by atoms with E-state index in [-0.39, 0.29) is 6.04 Å². The van der Waals surface area contributed by atoms with E-state index >= 15 is 0 Å². The third-order valence-corrected chi connectivity index (χ3v) is 6.31. The van der Waals surface area contributed by atoms with Gasteiger partial charge in [0.2, 0.25) is 5.13 Å². The van der Waals surface area contributed by atoms with Crippen molar-refractivity contribution in [1.82, 2.24) is 9.97 Å². The lowest BCUT2D eigenvalue weighted by Gasteiger charge is -2.20. The Hall–Kier alpha value is -2.83. The van der Waals surface area contributed by atoms with E-state index in [2.05, 4.69) is 57.2 Å². The van der Waals surface area contributed by atoms with Crippen LogP contribution in [0.25, 0.3) is 11.3 Å². The first-order chi connectivity index (χ1) is 13.4. The first kappa shape index (κ1) is 16.4. The molecule has 1 aromatic carbocycles. The molecule has 0 fully saturated rings. The van der Waals surface area contributed by atoms with Crippen LogP contribution in [0.5, 0.6) is 0 Å². The lowest BCUT2D eigenvalue weighted by molar-refractivity contribution is 0.705. The largest absolute Gasteiger partial charge is 0.265 e. The van der Waals surface area contributed by atoms with Gasteiger partial charge in [0.05, 0.1) is 22.3 Å². The minimum absolute atomic E-state index is 0.139. The van der Waals surface area contributed by atoms with Crippen LogP contribution < -0.4 is 5.01 Å². The number of aromatic nitrogens is 2. The summed E-state index contributed by atoms with van der Waals surface area (Å²) < 4.78 is 0. The normalized spacial score (nSPS) is 16.5. The van der Waals surface area contributed by atoms with E-state index in [0.29, 0.717) is 0 Å². The number of thiazole rings is 1. The van der Waals surface area contributed by atoms with Crippen LogP contribution in [0.3, 0.4) is 0 Å². The maximum absolute atomic E-state index is 4.95. The number of hydrogen-bond acceptors (Lipinski definition) is 6. The molecule has 0 radical (unpaired) electrons. The van der Waals surface area contributed by atoms with E-state index < -0.39 is 0 Å². The van der Waals surface area contributed by atoms with Crippen molar-refractivity contribution < 1.29 is 0 Å². The van der Waals surface area contributed by atoms with Crippen molar-refractivity contribution in [2.75, 3.05) is 5.01 Å². The molecule has 1 atom stereocenters. The van der Waals surface area contributed by atoms with Crippen LogP contribution in [-0.4, -0.2) is 15.7 Å². The molecule has 1 aliphatic heterocycles. The molecular formula is C21H16N4S2. The highest BCUT2D eigenvalue weighted by Gasteiger charge is 2.32. The van der Waals surface area contributed by atoms with Crippen molar-refractivity contribution in [1.29, 1.82) is 0 Å². The molecule has 0 spiro atoms. The van der Waals surface area contributed by atoms with Gasteiger partial charge in [0.25, 0.3) is 0 Å². The third kappa shape index (κ3) is 3.18. The number of nitrogens with zero attached hydrogens (tertiary/aromatic N) is 4. The zero-order chi connectivity index (χ0) is 18.1. The number of thiophene rings is 1. The molecule has 0 saturated heterocycles. The Bertz CT molecular complexity index is 1060. The van der Waals surface area contributed by atoms with Gasteiger partial charge in [-0.3, -0.25) is 4.98 Å². The van der Waals surface area contributed by atoms with Crippen molar-refractivity contribution in [3.05, 3.63) is 88.2 Å². The van der Waals surface area contributed by atoms with E-state index in [4.69, 9.17) is 10.1 Å². The quantitative estimate of drug-likeness (QED) is 0.455. The Kier molecular flexibility index (Phi) is 4.27. The second kappa shape index (κ2) is 7.06. The van der Waals surface area contributed by atoms with Gasteiger partial charge in [-0.05, 0) is 29.1 Å². The molecule has 0 amide bonds. The van der Waals surface area contributed by atoms with Crippen molar-refractivity contribution in [2.24, 2.45) is 5.10 Å². The summed E-state index contributed by atoms with van der Waals surface area (Å²) in [6, 6.07) is 18.7. The minimum atomic E-state index is 0.139. The zero-order valence-electron chi connectivity index (χ0n) is 14.4. The fourth-order valence-corrected chi connectivity index (χ4v) is 4.79. The maximum atomic E-state index is 4.95. The Balaban J connectivity index is 1.54. The highest BCUT2D eigenvalue weighted by atomic mass is 32.1. The summed E-state index contributed by atoms with van der Waals surface area (Å²) in [5.41, 5.74) is 4.44. The number of hydrogen-bond donors (Lipinski definition) is 0. The van der Waals surface area contributed by atoms with Gasteiger partial charge in [-0.15, -0.1) is 22.7 Å². The molecule has 3 aromatic heterocycles. The summed E-state index contributed by atoms with van der Waals surface area (Å²) >= 11 is 3.36. The highest BCUT2D eigenvalue weighted by molar-refractivity contribution is 7.14. The zero-order valence-corrected chi connectivity index (χ0v) is 16.0. The average molecular weight is 389 g/mol. The number of benzene rings is 1. The standard InChI is InChI=1S/C21H16N4S2/c1-2-5-15(6-3-1)18-14-27-21(23-18)25-19(16-8-10-22-11-9-16)13-17(24-25)20-7-4-12-26-20/h1-12,14,19H,13H2. The lowest BCUT2D eigenvalue weighted by Crippen LogP contribution is -2.18. The molecule has 1 aliphatic rings. The molecule has 1 unspecified atom stereocenters. The third-order valence-electron chi connectivity index (χ3n) is 4.56. The van der Waals surface area contributed by atoms with Gasteiger partial charge in [-0.2, -0.15) is 5.10 Å². The van der Waals surface area contributed by atoms with Gasteiger partial charge in [-0.25, -0.2) is 9.99 Å².